The summed E-state index contributed by atoms with van der Waals surface area (Å²) in [5.41, 5.74) is -0.273. The number of hydrogen-bond acceptors (Lipinski definition) is 2. The summed E-state index contributed by atoms with van der Waals surface area (Å²) in [5.74, 6) is 0.125. The van der Waals surface area contributed by atoms with Gasteiger partial charge in [-0.25, -0.2) is 4.68 Å². The van der Waals surface area contributed by atoms with Crippen LogP contribution in [-0.2, 0) is 6.18 Å². The Morgan fingerprint density at radius 2 is 1.95 bits per heavy atom. The minimum atomic E-state index is -4.54. The third kappa shape index (κ3) is 2.74. The van der Waals surface area contributed by atoms with Gasteiger partial charge in [0, 0.05) is 11.8 Å². The lowest BCUT2D eigenvalue weighted by molar-refractivity contribution is -0.137. The number of aldehydes is 1. The Hall–Kier alpha value is -2.11. The highest BCUT2D eigenvalue weighted by molar-refractivity contribution is 5.76. The SMILES string of the molecule is CC(C)c1ccn(-c2ccc(C=O)cc2C(F)(F)F)n1. The molecule has 0 aliphatic rings. The number of hydrogen-bond donors (Lipinski definition) is 0. The van der Waals surface area contributed by atoms with Crippen molar-refractivity contribution in [1.29, 1.82) is 0 Å². The second kappa shape index (κ2) is 5.11. The van der Waals surface area contributed by atoms with Crippen LogP contribution in [0.25, 0.3) is 5.69 Å². The molecule has 0 atom stereocenters. The van der Waals surface area contributed by atoms with E-state index in [9.17, 15) is 18.0 Å². The van der Waals surface area contributed by atoms with Crippen molar-refractivity contribution in [2.45, 2.75) is 25.9 Å². The van der Waals surface area contributed by atoms with Gasteiger partial charge in [-0.05, 0) is 30.2 Å². The van der Waals surface area contributed by atoms with Gasteiger partial charge in [-0.1, -0.05) is 13.8 Å². The summed E-state index contributed by atoms with van der Waals surface area (Å²) < 4.78 is 40.4. The standard InChI is InChI=1S/C14H13F3N2O/c1-9(2)12-5-6-19(18-12)13-4-3-10(8-20)7-11(13)14(15,16)17/h3-9H,1-2H3. The summed E-state index contributed by atoms with van der Waals surface area (Å²) >= 11 is 0. The molecule has 20 heavy (non-hydrogen) atoms. The minimum absolute atomic E-state index is 0.0164. The molecule has 2 aromatic rings. The van der Waals surface area contributed by atoms with Gasteiger partial charge in [0.15, 0.2) is 0 Å². The van der Waals surface area contributed by atoms with Crippen molar-refractivity contribution in [2.75, 3.05) is 0 Å². The number of rotatable bonds is 3. The monoisotopic (exact) mass is 282 g/mol. The van der Waals surface area contributed by atoms with Crippen LogP contribution in [0.2, 0.25) is 0 Å². The van der Waals surface area contributed by atoms with Crippen LogP contribution in [0, 0.1) is 0 Å². The molecule has 0 fully saturated rings. The van der Waals surface area contributed by atoms with E-state index in [2.05, 4.69) is 5.10 Å². The van der Waals surface area contributed by atoms with Gasteiger partial charge >= 0.3 is 6.18 Å². The Morgan fingerprint density at radius 1 is 1.25 bits per heavy atom. The molecule has 106 valence electrons. The molecular weight excluding hydrogens is 269 g/mol. The first-order valence-electron chi connectivity index (χ1n) is 6.05. The molecule has 0 aliphatic carbocycles. The molecule has 1 aromatic carbocycles. The number of benzene rings is 1. The van der Waals surface area contributed by atoms with E-state index in [1.54, 1.807) is 6.07 Å². The Kier molecular flexibility index (Phi) is 3.65. The zero-order chi connectivity index (χ0) is 14.9. The maximum atomic E-state index is 13.1. The zero-order valence-corrected chi connectivity index (χ0v) is 11.0. The quantitative estimate of drug-likeness (QED) is 0.802. The van der Waals surface area contributed by atoms with E-state index in [0.717, 1.165) is 6.07 Å². The molecule has 1 heterocycles. The Bertz CT molecular complexity index is 630. The van der Waals surface area contributed by atoms with Crippen LogP contribution in [0.1, 0.15) is 41.4 Å². The molecule has 0 aliphatic heterocycles. The highest BCUT2D eigenvalue weighted by Crippen LogP contribution is 2.34. The van der Waals surface area contributed by atoms with Crippen molar-refractivity contribution in [3.05, 3.63) is 47.3 Å². The second-order valence-electron chi connectivity index (χ2n) is 4.73. The number of carbonyl (C=O) groups excluding carboxylic acids is 1. The van der Waals surface area contributed by atoms with Crippen LogP contribution in [0.5, 0.6) is 0 Å². The van der Waals surface area contributed by atoms with E-state index in [1.165, 1.54) is 23.0 Å². The second-order valence-corrected chi connectivity index (χ2v) is 4.73. The molecular formula is C14H13F3N2O. The van der Waals surface area contributed by atoms with E-state index >= 15 is 0 Å². The molecule has 1 aromatic heterocycles. The van der Waals surface area contributed by atoms with E-state index in [4.69, 9.17) is 0 Å². The molecule has 0 radical (unpaired) electrons. The normalized spacial score (nSPS) is 11.9. The van der Waals surface area contributed by atoms with Crippen molar-refractivity contribution in [3.63, 3.8) is 0 Å². The molecule has 0 N–H and O–H groups in total. The van der Waals surface area contributed by atoms with Crippen LogP contribution < -0.4 is 0 Å². The van der Waals surface area contributed by atoms with Crippen molar-refractivity contribution in [2.24, 2.45) is 0 Å². The summed E-state index contributed by atoms with van der Waals surface area (Å²) in [6, 6.07) is 5.11. The van der Waals surface area contributed by atoms with Crippen LogP contribution >= 0.6 is 0 Å². The smallest absolute Gasteiger partial charge is 0.298 e. The van der Waals surface area contributed by atoms with Crippen molar-refractivity contribution < 1.29 is 18.0 Å². The van der Waals surface area contributed by atoms with Gasteiger partial charge in [-0.15, -0.1) is 0 Å². The molecule has 2 rings (SSSR count). The van der Waals surface area contributed by atoms with E-state index < -0.39 is 11.7 Å². The third-order valence-corrected chi connectivity index (χ3v) is 2.91. The largest absolute Gasteiger partial charge is 0.418 e. The summed E-state index contributed by atoms with van der Waals surface area (Å²) in [6.45, 7) is 3.82. The van der Waals surface area contributed by atoms with Crippen molar-refractivity contribution in [3.8, 4) is 5.69 Å². The summed E-state index contributed by atoms with van der Waals surface area (Å²) in [6.07, 6.45) is -2.67. The highest BCUT2D eigenvalue weighted by Gasteiger charge is 2.34. The van der Waals surface area contributed by atoms with Crippen molar-refractivity contribution in [1.82, 2.24) is 9.78 Å². The Balaban J connectivity index is 2.57. The third-order valence-electron chi connectivity index (χ3n) is 2.91. The van der Waals surface area contributed by atoms with Gasteiger partial charge in [0.2, 0.25) is 0 Å². The minimum Gasteiger partial charge on any atom is -0.298 e. The highest BCUT2D eigenvalue weighted by atomic mass is 19.4. The molecule has 6 heteroatoms. The number of nitrogens with zero attached hydrogens (tertiary/aromatic N) is 2. The number of aromatic nitrogens is 2. The van der Waals surface area contributed by atoms with Crippen LogP contribution in [0.3, 0.4) is 0 Å². The summed E-state index contributed by atoms with van der Waals surface area (Å²) in [5, 5.41) is 4.14. The maximum Gasteiger partial charge on any atom is 0.418 e. The molecule has 0 saturated heterocycles. The number of alkyl halides is 3. The van der Waals surface area contributed by atoms with Crippen LogP contribution in [-0.4, -0.2) is 16.1 Å². The van der Waals surface area contributed by atoms with Crippen molar-refractivity contribution >= 4 is 6.29 Å². The molecule has 0 saturated carbocycles. The fraction of sp³-hybridized carbons (Fsp3) is 0.286. The van der Waals surface area contributed by atoms with E-state index in [-0.39, 0.29) is 17.2 Å². The predicted molar refractivity (Wildman–Crippen MR) is 68.0 cm³/mol. The van der Waals surface area contributed by atoms with Gasteiger partial charge in [0.05, 0.1) is 16.9 Å². The van der Waals surface area contributed by atoms with Gasteiger partial charge < -0.3 is 0 Å². The first-order valence-corrected chi connectivity index (χ1v) is 6.05. The van der Waals surface area contributed by atoms with Gasteiger partial charge in [-0.2, -0.15) is 18.3 Å². The molecule has 0 unspecified atom stereocenters. The van der Waals surface area contributed by atoms with Gasteiger partial charge in [0.1, 0.15) is 6.29 Å². The molecule has 0 amide bonds. The fourth-order valence-electron chi connectivity index (χ4n) is 1.83. The topological polar surface area (TPSA) is 34.9 Å². The lowest BCUT2D eigenvalue weighted by Gasteiger charge is -2.13. The number of carbonyl (C=O) groups is 1. The lowest BCUT2D eigenvalue weighted by Crippen LogP contribution is -2.12. The van der Waals surface area contributed by atoms with E-state index in [0.29, 0.717) is 12.0 Å². The lowest BCUT2D eigenvalue weighted by atomic mass is 10.1. The van der Waals surface area contributed by atoms with E-state index in [1.807, 2.05) is 13.8 Å². The van der Waals surface area contributed by atoms with Crippen LogP contribution in [0.4, 0.5) is 13.2 Å². The fourth-order valence-corrected chi connectivity index (χ4v) is 1.83. The molecule has 0 spiro atoms. The Labute approximate surface area is 114 Å². The van der Waals surface area contributed by atoms with Gasteiger partial charge in [0.25, 0.3) is 0 Å². The van der Waals surface area contributed by atoms with Crippen LogP contribution in [0.15, 0.2) is 30.5 Å². The first-order chi connectivity index (χ1) is 9.32. The Morgan fingerprint density at radius 3 is 2.45 bits per heavy atom. The zero-order valence-electron chi connectivity index (χ0n) is 11.0. The summed E-state index contributed by atoms with van der Waals surface area (Å²) in [4.78, 5) is 10.6. The molecule has 3 nitrogen and oxygen atoms in total. The average molecular weight is 282 g/mol. The average Bonchev–Trinajstić information content (AvgIpc) is 2.86. The van der Waals surface area contributed by atoms with Gasteiger partial charge in [-0.3, -0.25) is 4.79 Å². The molecule has 0 bridgehead atoms. The predicted octanol–water partition coefficient (Wildman–Crippen LogP) is 3.83. The first kappa shape index (κ1) is 14.3. The summed E-state index contributed by atoms with van der Waals surface area (Å²) in [7, 11) is 0. The maximum absolute atomic E-state index is 13.1. The number of halogens is 3.